The Labute approximate surface area is 247 Å². The molecule has 11 heteroatoms. The summed E-state index contributed by atoms with van der Waals surface area (Å²) < 4.78 is 54.0. The summed E-state index contributed by atoms with van der Waals surface area (Å²) in [7, 11) is 3.08. The summed E-state index contributed by atoms with van der Waals surface area (Å²) in [6.07, 6.45) is -2.76. The van der Waals surface area contributed by atoms with Crippen molar-refractivity contribution in [3.8, 4) is 17.2 Å². The average molecular weight is 593 g/mol. The fourth-order valence-electron chi connectivity index (χ4n) is 5.35. The van der Waals surface area contributed by atoms with Gasteiger partial charge in [0.25, 0.3) is 0 Å². The number of urea groups is 1. The van der Waals surface area contributed by atoms with Crippen LogP contribution >= 0.6 is 0 Å². The Hall–Kier alpha value is -4.93. The van der Waals surface area contributed by atoms with E-state index in [0.29, 0.717) is 22.7 Å². The lowest BCUT2D eigenvalue weighted by molar-refractivity contribution is -0.137. The number of carbonyl (C=O) groups excluding carboxylic acids is 2. The van der Waals surface area contributed by atoms with E-state index in [-0.39, 0.29) is 0 Å². The molecule has 3 aromatic carbocycles. The van der Waals surface area contributed by atoms with Crippen molar-refractivity contribution in [1.82, 2.24) is 9.47 Å². The predicted octanol–water partition coefficient (Wildman–Crippen LogP) is 6.89. The monoisotopic (exact) mass is 592 g/mol. The van der Waals surface area contributed by atoms with Gasteiger partial charge in [-0.1, -0.05) is 24.3 Å². The highest BCUT2D eigenvalue weighted by atomic mass is 19.4. The molecule has 3 amide bonds. The number of anilines is 2. The number of nitrogens with zero attached hydrogens (tertiary/aromatic N) is 3. The zero-order valence-corrected chi connectivity index (χ0v) is 24.1. The molecule has 1 aliphatic rings. The number of para-hydroxylation sites is 3. The average Bonchev–Trinajstić information content (AvgIpc) is 3.48. The van der Waals surface area contributed by atoms with Gasteiger partial charge in [-0.2, -0.15) is 13.2 Å². The van der Waals surface area contributed by atoms with E-state index in [1.165, 1.54) is 30.2 Å². The minimum absolute atomic E-state index is 0.391. The van der Waals surface area contributed by atoms with E-state index < -0.39 is 48.0 Å². The molecule has 4 aromatic rings. The van der Waals surface area contributed by atoms with Gasteiger partial charge < -0.3 is 24.3 Å². The number of aromatic nitrogens is 1. The third kappa shape index (κ3) is 5.62. The second-order valence-corrected chi connectivity index (χ2v) is 10.3. The highest BCUT2D eigenvalue weighted by Gasteiger charge is 2.39. The van der Waals surface area contributed by atoms with Gasteiger partial charge >= 0.3 is 12.2 Å². The number of hydrogen-bond donors (Lipinski definition) is 1. The number of carbonyl (C=O) groups is 2. The van der Waals surface area contributed by atoms with Crippen LogP contribution in [0.15, 0.2) is 85.1 Å². The number of hydrogen-bond acceptors (Lipinski definition) is 4. The summed E-state index contributed by atoms with van der Waals surface area (Å²) in [4.78, 5) is 30.6. The van der Waals surface area contributed by atoms with Crippen molar-refractivity contribution < 1.29 is 32.2 Å². The molecule has 0 saturated carbocycles. The Morgan fingerprint density at radius 2 is 1.63 bits per heavy atom. The van der Waals surface area contributed by atoms with Crippen LogP contribution in [0.25, 0.3) is 5.69 Å². The van der Waals surface area contributed by atoms with Crippen molar-refractivity contribution in [1.29, 1.82) is 0 Å². The predicted molar refractivity (Wildman–Crippen MR) is 157 cm³/mol. The Kier molecular flexibility index (Phi) is 8.08. The lowest BCUT2D eigenvalue weighted by Gasteiger charge is -2.40. The van der Waals surface area contributed by atoms with E-state index in [1.807, 2.05) is 47.2 Å². The number of amides is 3. The summed E-state index contributed by atoms with van der Waals surface area (Å²) in [5.41, 5.74) is 1.42. The fraction of sp³-hybridized carbons (Fsp3) is 0.250. The molecule has 5 rings (SSSR count). The molecule has 1 aliphatic heterocycles. The van der Waals surface area contributed by atoms with Crippen LogP contribution < -0.4 is 19.7 Å². The van der Waals surface area contributed by atoms with Crippen LogP contribution in [0.2, 0.25) is 0 Å². The number of benzene rings is 3. The standard InChI is InChI=1S/C32H31F3N4O4/c1-20(2)38(31(41)36-24-11-6-5-10-23(24)32(33,34)35)19-29(40)39-26-13-8-7-12-25(26)37-17-9-14-27(37)30(39)22-18-21(42-3)15-16-28(22)43-4/h5-18,20,30H,19H2,1-4H3,(H,36,41). The first kappa shape index (κ1) is 29.6. The van der Waals surface area contributed by atoms with Gasteiger partial charge in [0, 0.05) is 17.8 Å². The van der Waals surface area contributed by atoms with Crippen LogP contribution in [0.4, 0.5) is 29.3 Å². The zero-order valence-electron chi connectivity index (χ0n) is 24.1. The molecule has 1 N–H and O–H groups in total. The Balaban J connectivity index is 1.56. The minimum atomic E-state index is -4.67. The number of halogens is 3. The molecule has 2 heterocycles. The maximum atomic E-state index is 14.4. The fourth-order valence-corrected chi connectivity index (χ4v) is 5.35. The lowest BCUT2D eigenvalue weighted by Crippen LogP contribution is -2.49. The van der Waals surface area contributed by atoms with Crippen molar-refractivity contribution in [2.24, 2.45) is 0 Å². The number of rotatable bonds is 7. The van der Waals surface area contributed by atoms with Crippen LogP contribution in [0.1, 0.15) is 36.7 Å². The molecule has 0 fully saturated rings. The summed E-state index contributed by atoms with van der Waals surface area (Å²) in [5.74, 6) is 0.646. The van der Waals surface area contributed by atoms with E-state index in [2.05, 4.69) is 5.32 Å². The molecular weight excluding hydrogens is 561 g/mol. The van der Waals surface area contributed by atoms with E-state index in [9.17, 15) is 22.8 Å². The largest absolute Gasteiger partial charge is 0.497 e. The van der Waals surface area contributed by atoms with Gasteiger partial charge in [0.15, 0.2) is 0 Å². The number of ether oxygens (including phenoxy) is 2. The smallest absolute Gasteiger partial charge is 0.418 e. The number of nitrogens with one attached hydrogen (secondary N) is 1. The van der Waals surface area contributed by atoms with Crippen LogP contribution in [-0.2, 0) is 11.0 Å². The molecule has 0 aliphatic carbocycles. The van der Waals surface area contributed by atoms with Crippen molar-refractivity contribution in [3.63, 3.8) is 0 Å². The number of alkyl halides is 3. The van der Waals surface area contributed by atoms with E-state index in [1.54, 1.807) is 44.1 Å². The molecule has 1 atom stereocenters. The van der Waals surface area contributed by atoms with Crippen molar-refractivity contribution in [2.45, 2.75) is 32.1 Å². The highest BCUT2D eigenvalue weighted by Crippen LogP contribution is 2.45. The number of methoxy groups -OCH3 is 2. The maximum Gasteiger partial charge on any atom is 0.418 e. The van der Waals surface area contributed by atoms with Crippen molar-refractivity contribution in [3.05, 3.63) is 102 Å². The second-order valence-electron chi connectivity index (χ2n) is 10.3. The third-order valence-electron chi connectivity index (χ3n) is 7.38. The molecule has 1 unspecified atom stereocenters. The molecule has 0 saturated heterocycles. The molecule has 43 heavy (non-hydrogen) atoms. The van der Waals surface area contributed by atoms with Gasteiger partial charge in [0.2, 0.25) is 5.91 Å². The Morgan fingerprint density at radius 1 is 0.930 bits per heavy atom. The first-order chi connectivity index (χ1) is 20.5. The van der Waals surface area contributed by atoms with Crippen LogP contribution in [0.3, 0.4) is 0 Å². The molecule has 8 nitrogen and oxygen atoms in total. The van der Waals surface area contributed by atoms with Gasteiger partial charge in [-0.3, -0.25) is 9.69 Å². The minimum Gasteiger partial charge on any atom is -0.497 e. The first-order valence-electron chi connectivity index (χ1n) is 13.6. The molecule has 0 bridgehead atoms. The molecule has 0 spiro atoms. The summed E-state index contributed by atoms with van der Waals surface area (Å²) >= 11 is 0. The van der Waals surface area contributed by atoms with Gasteiger partial charge in [-0.05, 0) is 68.4 Å². The van der Waals surface area contributed by atoms with Crippen LogP contribution in [0.5, 0.6) is 11.5 Å². The maximum absolute atomic E-state index is 14.4. The summed E-state index contributed by atoms with van der Waals surface area (Å²) in [6, 6.07) is 19.2. The van der Waals surface area contributed by atoms with E-state index in [4.69, 9.17) is 9.47 Å². The third-order valence-corrected chi connectivity index (χ3v) is 7.38. The van der Waals surface area contributed by atoms with Gasteiger partial charge in [-0.25, -0.2) is 4.79 Å². The summed E-state index contributed by atoms with van der Waals surface area (Å²) in [5, 5.41) is 2.37. The molecule has 0 radical (unpaired) electrons. The Morgan fingerprint density at radius 3 is 2.30 bits per heavy atom. The second kappa shape index (κ2) is 11.7. The molecule has 224 valence electrons. The van der Waals surface area contributed by atoms with Crippen molar-refractivity contribution in [2.75, 3.05) is 31.0 Å². The normalized spacial score (nSPS) is 14.1. The molecule has 1 aromatic heterocycles. The Bertz CT molecular complexity index is 1650. The van der Waals surface area contributed by atoms with E-state index >= 15 is 0 Å². The van der Waals surface area contributed by atoms with Crippen LogP contribution in [0, 0.1) is 0 Å². The van der Waals surface area contributed by atoms with Gasteiger partial charge in [0.05, 0.1) is 42.5 Å². The quantitative estimate of drug-likeness (QED) is 0.254. The number of fused-ring (bicyclic) bond motifs is 3. The first-order valence-corrected chi connectivity index (χ1v) is 13.6. The zero-order chi connectivity index (χ0) is 30.9. The van der Waals surface area contributed by atoms with E-state index in [0.717, 1.165) is 17.4 Å². The SMILES string of the molecule is COc1ccc(OC)c(C2c3cccn3-c3ccccc3N2C(=O)CN(C(=O)Nc2ccccc2C(F)(F)F)C(C)C)c1. The van der Waals surface area contributed by atoms with Crippen LogP contribution in [-0.4, -0.2) is 48.2 Å². The molecular formula is C32H31F3N4O4. The topological polar surface area (TPSA) is 76.0 Å². The summed E-state index contributed by atoms with van der Waals surface area (Å²) in [6.45, 7) is 2.98. The van der Waals surface area contributed by atoms with Gasteiger partial charge in [-0.15, -0.1) is 0 Å². The van der Waals surface area contributed by atoms with Gasteiger partial charge in [0.1, 0.15) is 24.1 Å². The van der Waals surface area contributed by atoms with Crippen molar-refractivity contribution >= 4 is 23.3 Å². The highest BCUT2D eigenvalue weighted by molar-refractivity contribution is 6.01. The lowest BCUT2D eigenvalue weighted by atomic mass is 9.96.